The molecule has 0 spiro atoms. The standard InChI is InChI=1S/C18H25BrN4O3S/c1-26-9-8-23-7-6-15-14(10-23)17(25)22-18(21-15)27-11-16(24)20-13-4-2-12(19)3-5-13/h2-5,14-15,18,21H,6-11H2,1H3,(H,20,24)(H,22,25). The number of anilines is 1. The van der Waals surface area contributed by atoms with E-state index in [-0.39, 0.29) is 35.0 Å². The molecule has 0 radical (unpaired) electrons. The average Bonchev–Trinajstić information content (AvgIpc) is 2.67. The van der Waals surface area contributed by atoms with E-state index in [1.165, 1.54) is 11.8 Å². The number of hydrogen-bond acceptors (Lipinski definition) is 6. The predicted octanol–water partition coefficient (Wildman–Crippen LogP) is 1.46. The van der Waals surface area contributed by atoms with Gasteiger partial charge >= 0.3 is 0 Å². The van der Waals surface area contributed by atoms with Gasteiger partial charge in [0.25, 0.3) is 0 Å². The lowest BCUT2D eigenvalue weighted by atomic mass is 9.90. The summed E-state index contributed by atoms with van der Waals surface area (Å²) >= 11 is 4.77. The molecular weight excluding hydrogens is 432 g/mol. The van der Waals surface area contributed by atoms with Crippen LogP contribution in [0.4, 0.5) is 5.69 Å². The number of piperidine rings is 1. The van der Waals surface area contributed by atoms with Crippen molar-refractivity contribution in [1.82, 2.24) is 15.5 Å². The minimum absolute atomic E-state index is 0.0518. The van der Waals surface area contributed by atoms with E-state index in [1.807, 2.05) is 24.3 Å². The summed E-state index contributed by atoms with van der Waals surface area (Å²) in [7, 11) is 1.69. The summed E-state index contributed by atoms with van der Waals surface area (Å²) in [6.07, 6.45) is 0.921. The molecule has 0 aromatic heterocycles. The van der Waals surface area contributed by atoms with Gasteiger partial charge in [0.2, 0.25) is 11.8 Å². The zero-order valence-corrected chi connectivity index (χ0v) is 17.6. The van der Waals surface area contributed by atoms with E-state index in [0.29, 0.717) is 6.61 Å². The van der Waals surface area contributed by atoms with Gasteiger partial charge in [-0.05, 0) is 37.2 Å². The van der Waals surface area contributed by atoms with Gasteiger partial charge in [0.1, 0.15) is 5.50 Å². The topological polar surface area (TPSA) is 82.7 Å². The second kappa shape index (κ2) is 9.88. The SMILES string of the molecule is COCCN1CCC2NC(SCC(=O)Nc3ccc(Br)cc3)NC(=O)C2C1. The lowest BCUT2D eigenvalue weighted by Gasteiger charge is -2.43. The van der Waals surface area contributed by atoms with Crippen molar-refractivity contribution in [2.75, 3.05) is 44.4 Å². The molecule has 148 valence electrons. The zero-order valence-electron chi connectivity index (χ0n) is 15.2. The van der Waals surface area contributed by atoms with E-state index < -0.39 is 0 Å². The van der Waals surface area contributed by atoms with E-state index in [2.05, 4.69) is 36.8 Å². The molecule has 3 unspecified atom stereocenters. The maximum absolute atomic E-state index is 12.5. The summed E-state index contributed by atoms with van der Waals surface area (Å²) in [5, 5.41) is 9.33. The first kappa shape index (κ1) is 20.6. The Hall–Kier alpha value is -1.13. The molecule has 2 heterocycles. The van der Waals surface area contributed by atoms with Gasteiger partial charge in [0, 0.05) is 36.4 Å². The van der Waals surface area contributed by atoms with Gasteiger partial charge < -0.3 is 20.3 Å². The number of thioether (sulfide) groups is 1. The molecule has 1 aromatic carbocycles. The minimum Gasteiger partial charge on any atom is -0.383 e. The molecule has 1 aromatic rings. The van der Waals surface area contributed by atoms with E-state index in [0.717, 1.165) is 36.2 Å². The first-order valence-corrected chi connectivity index (χ1v) is 10.8. The van der Waals surface area contributed by atoms with E-state index in [4.69, 9.17) is 4.74 Å². The molecule has 0 bridgehead atoms. The number of nitrogens with zero attached hydrogens (tertiary/aromatic N) is 1. The average molecular weight is 457 g/mol. The van der Waals surface area contributed by atoms with Crippen molar-refractivity contribution in [1.29, 1.82) is 0 Å². The summed E-state index contributed by atoms with van der Waals surface area (Å²) in [5.41, 5.74) is 0.521. The fourth-order valence-electron chi connectivity index (χ4n) is 3.36. The van der Waals surface area contributed by atoms with Crippen molar-refractivity contribution < 1.29 is 14.3 Å². The Kier molecular flexibility index (Phi) is 7.54. The number of halogens is 1. The molecule has 3 N–H and O–H groups in total. The molecule has 2 fully saturated rings. The van der Waals surface area contributed by atoms with Gasteiger partial charge in [-0.3, -0.25) is 14.9 Å². The van der Waals surface area contributed by atoms with E-state index in [9.17, 15) is 9.59 Å². The van der Waals surface area contributed by atoms with Gasteiger partial charge in [-0.1, -0.05) is 15.9 Å². The number of rotatable bonds is 7. The Morgan fingerprint density at radius 2 is 2.19 bits per heavy atom. The number of benzene rings is 1. The van der Waals surface area contributed by atoms with Crippen LogP contribution in [0.25, 0.3) is 0 Å². The number of nitrogens with one attached hydrogen (secondary N) is 3. The maximum atomic E-state index is 12.5. The highest BCUT2D eigenvalue weighted by Crippen LogP contribution is 2.24. The Bertz CT molecular complexity index is 661. The van der Waals surface area contributed by atoms with Crippen molar-refractivity contribution in [3.63, 3.8) is 0 Å². The highest BCUT2D eigenvalue weighted by Gasteiger charge is 2.39. The normalized spacial score (nSPS) is 25.6. The lowest BCUT2D eigenvalue weighted by Crippen LogP contribution is -2.65. The van der Waals surface area contributed by atoms with Crippen LogP contribution in [0.15, 0.2) is 28.7 Å². The molecule has 9 heteroatoms. The van der Waals surface area contributed by atoms with Crippen LogP contribution in [0.5, 0.6) is 0 Å². The van der Waals surface area contributed by atoms with Gasteiger partial charge in [0.15, 0.2) is 0 Å². The van der Waals surface area contributed by atoms with Crippen LogP contribution >= 0.6 is 27.7 Å². The third-order valence-electron chi connectivity index (χ3n) is 4.79. The van der Waals surface area contributed by atoms with Crippen molar-refractivity contribution in [2.45, 2.75) is 18.0 Å². The molecule has 7 nitrogen and oxygen atoms in total. The first-order valence-electron chi connectivity index (χ1n) is 9.00. The van der Waals surface area contributed by atoms with E-state index >= 15 is 0 Å². The van der Waals surface area contributed by atoms with Crippen LogP contribution in [-0.2, 0) is 14.3 Å². The molecule has 0 saturated carbocycles. The number of fused-ring (bicyclic) bond motifs is 1. The number of hydrogen-bond donors (Lipinski definition) is 3. The Balaban J connectivity index is 1.44. The second-order valence-corrected chi connectivity index (χ2v) is 8.73. The van der Waals surface area contributed by atoms with Crippen LogP contribution in [0, 0.1) is 5.92 Å². The molecule has 2 amide bonds. The Morgan fingerprint density at radius 3 is 2.93 bits per heavy atom. The van der Waals surface area contributed by atoms with Crippen molar-refractivity contribution in [2.24, 2.45) is 5.92 Å². The summed E-state index contributed by atoms with van der Waals surface area (Å²) < 4.78 is 6.09. The minimum atomic E-state index is -0.236. The van der Waals surface area contributed by atoms with Crippen LogP contribution < -0.4 is 16.0 Å². The lowest BCUT2D eigenvalue weighted by molar-refractivity contribution is -0.130. The number of amides is 2. The Morgan fingerprint density at radius 1 is 1.41 bits per heavy atom. The highest BCUT2D eigenvalue weighted by molar-refractivity contribution is 9.10. The molecule has 27 heavy (non-hydrogen) atoms. The van der Waals surface area contributed by atoms with Gasteiger partial charge in [-0.2, -0.15) is 0 Å². The number of carbonyl (C=O) groups is 2. The first-order chi connectivity index (χ1) is 13.0. The fourth-order valence-corrected chi connectivity index (χ4v) is 4.48. The molecule has 2 aliphatic heterocycles. The van der Waals surface area contributed by atoms with Crippen LogP contribution in [0.3, 0.4) is 0 Å². The summed E-state index contributed by atoms with van der Waals surface area (Å²) in [6, 6.07) is 7.60. The third-order valence-corrected chi connectivity index (χ3v) is 6.34. The van der Waals surface area contributed by atoms with Gasteiger partial charge in [-0.15, -0.1) is 11.8 Å². The fraction of sp³-hybridized carbons (Fsp3) is 0.556. The number of methoxy groups -OCH3 is 1. The summed E-state index contributed by atoms with van der Waals surface area (Å²) in [5.74, 6) is 0.191. The van der Waals surface area contributed by atoms with E-state index in [1.54, 1.807) is 7.11 Å². The molecule has 0 aliphatic carbocycles. The molecule has 2 aliphatic rings. The second-order valence-electron chi connectivity index (χ2n) is 6.72. The van der Waals surface area contributed by atoms with Crippen molar-refractivity contribution in [3.8, 4) is 0 Å². The van der Waals surface area contributed by atoms with Crippen molar-refractivity contribution in [3.05, 3.63) is 28.7 Å². The van der Waals surface area contributed by atoms with Crippen LogP contribution in [0.2, 0.25) is 0 Å². The van der Waals surface area contributed by atoms with Gasteiger partial charge in [-0.25, -0.2) is 0 Å². The number of carbonyl (C=O) groups excluding carboxylic acids is 2. The molecule has 3 atom stereocenters. The molecular formula is C18H25BrN4O3S. The number of likely N-dealkylation sites (tertiary alicyclic amines) is 1. The van der Waals surface area contributed by atoms with Crippen molar-refractivity contribution >= 4 is 45.2 Å². The maximum Gasteiger partial charge on any atom is 0.234 e. The Labute approximate surface area is 172 Å². The van der Waals surface area contributed by atoms with Gasteiger partial charge in [0.05, 0.1) is 18.3 Å². The highest BCUT2D eigenvalue weighted by atomic mass is 79.9. The largest absolute Gasteiger partial charge is 0.383 e. The smallest absolute Gasteiger partial charge is 0.234 e. The third kappa shape index (κ3) is 5.92. The van der Waals surface area contributed by atoms with Crippen LogP contribution in [-0.4, -0.2) is 67.4 Å². The summed E-state index contributed by atoms with van der Waals surface area (Å²) in [6.45, 7) is 3.22. The quantitative estimate of drug-likeness (QED) is 0.575. The molecule has 3 rings (SSSR count). The monoisotopic (exact) mass is 456 g/mol. The zero-order chi connectivity index (χ0) is 19.2. The number of ether oxygens (including phenoxy) is 1. The molecule has 2 saturated heterocycles. The predicted molar refractivity (Wildman–Crippen MR) is 111 cm³/mol. The summed E-state index contributed by atoms with van der Waals surface area (Å²) in [4.78, 5) is 26.9. The van der Waals surface area contributed by atoms with Crippen LogP contribution in [0.1, 0.15) is 6.42 Å².